The summed E-state index contributed by atoms with van der Waals surface area (Å²) in [5, 5.41) is 0. The fourth-order valence-electron chi connectivity index (χ4n) is 2.79. The molecule has 4 nitrogen and oxygen atoms in total. The predicted molar refractivity (Wildman–Crippen MR) is 76.6 cm³/mol. The maximum atomic E-state index is 12.4. The summed E-state index contributed by atoms with van der Waals surface area (Å²) in [7, 11) is 0. The van der Waals surface area contributed by atoms with E-state index in [1.165, 1.54) is 25.7 Å². The molecule has 2 aliphatic rings. The first kappa shape index (κ1) is 15.8. The van der Waals surface area contributed by atoms with E-state index in [0.29, 0.717) is 13.2 Å². The second-order valence-corrected chi connectivity index (χ2v) is 6.02. The van der Waals surface area contributed by atoms with Gasteiger partial charge in [0.2, 0.25) is 0 Å². The highest BCUT2D eigenvalue weighted by atomic mass is 16.6. The molecule has 0 aromatic heterocycles. The van der Waals surface area contributed by atoms with Gasteiger partial charge in [-0.15, -0.1) is 0 Å². The maximum absolute atomic E-state index is 12.4. The summed E-state index contributed by atoms with van der Waals surface area (Å²) in [6.45, 7) is 3.98. The molecule has 2 rings (SSSR count). The standard InChI is InChI=1S/C16H28O4/c1-2-3-4-8-11-20-16(9-6-5-7-10-16)15(17)19-13-14-12-18-14/h14H,2-13H2,1H3/t14-/m0/s1. The van der Waals surface area contributed by atoms with Crippen molar-refractivity contribution in [1.29, 1.82) is 0 Å². The van der Waals surface area contributed by atoms with Crippen LogP contribution in [0.15, 0.2) is 0 Å². The fourth-order valence-corrected chi connectivity index (χ4v) is 2.79. The van der Waals surface area contributed by atoms with Crippen molar-refractivity contribution >= 4 is 5.97 Å². The molecule has 20 heavy (non-hydrogen) atoms. The lowest BCUT2D eigenvalue weighted by molar-refractivity contribution is -0.178. The Kier molecular flexibility index (Phi) is 6.30. The first-order valence-electron chi connectivity index (χ1n) is 8.19. The summed E-state index contributed by atoms with van der Waals surface area (Å²) in [4.78, 5) is 12.4. The molecule has 1 saturated carbocycles. The number of ether oxygens (including phenoxy) is 3. The second kappa shape index (κ2) is 7.99. The van der Waals surface area contributed by atoms with Crippen LogP contribution in [-0.2, 0) is 19.0 Å². The molecule has 1 aliphatic carbocycles. The van der Waals surface area contributed by atoms with Crippen molar-refractivity contribution in [1.82, 2.24) is 0 Å². The van der Waals surface area contributed by atoms with Gasteiger partial charge in [0.05, 0.1) is 6.61 Å². The van der Waals surface area contributed by atoms with E-state index in [1.54, 1.807) is 0 Å². The molecule has 4 heteroatoms. The summed E-state index contributed by atoms with van der Waals surface area (Å²) >= 11 is 0. The Balaban J connectivity index is 1.78. The molecule has 116 valence electrons. The molecule has 2 fully saturated rings. The van der Waals surface area contributed by atoms with Crippen LogP contribution in [-0.4, -0.2) is 37.5 Å². The zero-order valence-corrected chi connectivity index (χ0v) is 12.7. The molecule has 0 bridgehead atoms. The topological polar surface area (TPSA) is 48.1 Å². The Hall–Kier alpha value is -0.610. The summed E-state index contributed by atoms with van der Waals surface area (Å²) in [6.07, 6.45) is 9.73. The highest BCUT2D eigenvalue weighted by Gasteiger charge is 2.42. The molecule has 1 heterocycles. The van der Waals surface area contributed by atoms with Gasteiger partial charge in [0.25, 0.3) is 0 Å². The zero-order chi connectivity index (χ0) is 14.3. The number of epoxide rings is 1. The average molecular weight is 284 g/mol. The zero-order valence-electron chi connectivity index (χ0n) is 12.7. The third-order valence-electron chi connectivity index (χ3n) is 4.21. The quantitative estimate of drug-likeness (QED) is 0.370. The summed E-state index contributed by atoms with van der Waals surface area (Å²) in [5.41, 5.74) is -0.667. The lowest BCUT2D eigenvalue weighted by Gasteiger charge is -2.34. The minimum atomic E-state index is -0.667. The van der Waals surface area contributed by atoms with E-state index in [9.17, 15) is 4.79 Å². The Morgan fingerprint density at radius 1 is 1.20 bits per heavy atom. The second-order valence-electron chi connectivity index (χ2n) is 6.02. The smallest absolute Gasteiger partial charge is 0.338 e. The molecule has 0 aromatic carbocycles. The average Bonchev–Trinajstić information content (AvgIpc) is 3.30. The van der Waals surface area contributed by atoms with Gasteiger partial charge in [-0.3, -0.25) is 0 Å². The molecule has 0 radical (unpaired) electrons. The van der Waals surface area contributed by atoms with Crippen molar-refractivity contribution in [3.8, 4) is 0 Å². The number of hydrogen-bond donors (Lipinski definition) is 0. The van der Waals surface area contributed by atoms with Crippen molar-refractivity contribution in [2.75, 3.05) is 19.8 Å². The van der Waals surface area contributed by atoms with E-state index in [-0.39, 0.29) is 12.1 Å². The molecule has 0 aromatic rings. The molecule has 1 saturated heterocycles. The fraction of sp³-hybridized carbons (Fsp3) is 0.938. The van der Waals surface area contributed by atoms with Crippen molar-refractivity contribution in [2.24, 2.45) is 0 Å². The van der Waals surface area contributed by atoms with Crippen LogP contribution in [0.4, 0.5) is 0 Å². The van der Waals surface area contributed by atoms with Crippen LogP contribution in [0.5, 0.6) is 0 Å². The maximum Gasteiger partial charge on any atom is 0.338 e. The van der Waals surface area contributed by atoms with Gasteiger partial charge in [0.15, 0.2) is 5.60 Å². The van der Waals surface area contributed by atoms with Gasteiger partial charge >= 0.3 is 5.97 Å². The molecule has 0 N–H and O–H groups in total. The number of carbonyl (C=O) groups excluding carboxylic acids is 1. The van der Waals surface area contributed by atoms with Crippen molar-refractivity contribution in [3.05, 3.63) is 0 Å². The minimum absolute atomic E-state index is 0.129. The van der Waals surface area contributed by atoms with Gasteiger partial charge in [0.1, 0.15) is 12.7 Å². The molecule has 0 spiro atoms. The number of unbranched alkanes of at least 4 members (excludes halogenated alkanes) is 3. The van der Waals surface area contributed by atoms with Gasteiger partial charge < -0.3 is 14.2 Å². The summed E-state index contributed by atoms with van der Waals surface area (Å²) in [6, 6.07) is 0. The SMILES string of the molecule is CCCCCCOC1(C(=O)OC[C@@H]2CO2)CCCCC1. The third-order valence-corrected chi connectivity index (χ3v) is 4.21. The van der Waals surface area contributed by atoms with Crippen LogP contribution >= 0.6 is 0 Å². The van der Waals surface area contributed by atoms with Crippen LogP contribution in [0, 0.1) is 0 Å². The number of esters is 1. The van der Waals surface area contributed by atoms with Crippen LogP contribution in [0.1, 0.15) is 64.7 Å². The van der Waals surface area contributed by atoms with Crippen molar-refractivity contribution in [2.45, 2.75) is 76.4 Å². The number of rotatable bonds is 9. The first-order chi connectivity index (χ1) is 9.77. The first-order valence-corrected chi connectivity index (χ1v) is 8.19. The Morgan fingerprint density at radius 3 is 2.60 bits per heavy atom. The largest absolute Gasteiger partial charge is 0.461 e. The van der Waals surface area contributed by atoms with E-state index in [2.05, 4.69) is 6.92 Å². The van der Waals surface area contributed by atoms with E-state index in [0.717, 1.165) is 38.7 Å². The molecule has 1 atom stereocenters. The minimum Gasteiger partial charge on any atom is -0.461 e. The molecular weight excluding hydrogens is 256 g/mol. The Labute approximate surface area is 122 Å². The lowest BCUT2D eigenvalue weighted by Crippen LogP contribution is -2.45. The Morgan fingerprint density at radius 2 is 1.95 bits per heavy atom. The van der Waals surface area contributed by atoms with Gasteiger partial charge in [-0.05, 0) is 32.1 Å². The van der Waals surface area contributed by atoms with Gasteiger partial charge in [0, 0.05) is 6.61 Å². The van der Waals surface area contributed by atoms with E-state index < -0.39 is 5.60 Å². The molecule has 1 aliphatic heterocycles. The van der Waals surface area contributed by atoms with Crippen LogP contribution in [0.2, 0.25) is 0 Å². The van der Waals surface area contributed by atoms with Gasteiger partial charge in [-0.1, -0.05) is 32.6 Å². The number of hydrogen-bond acceptors (Lipinski definition) is 4. The van der Waals surface area contributed by atoms with Gasteiger partial charge in [-0.2, -0.15) is 0 Å². The van der Waals surface area contributed by atoms with Crippen molar-refractivity contribution < 1.29 is 19.0 Å². The molecular formula is C16H28O4. The van der Waals surface area contributed by atoms with Crippen LogP contribution in [0.3, 0.4) is 0 Å². The highest BCUT2D eigenvalue weighted by molar-refractivity contribution is 5.79. The van der Waals surface area contributed by atoms with Crippen LogP contribution < -0.4 is 0 Å². The normalized spacial score (nSPS) is 24.4. The summed E-state index contributed by atoms with van der Waals surface area (Å²) in [5.74, 6) is -0.164. The van der Waals surface area contributed by atoms with Crippen molar-refractivity contribution in [3.63, 3.8) is 0 Å². The molecule has 0 amide bonds. The lowest BCUT2D eigenvalue weighted by atomic mass is 9.84. The summed E-state index contributed by atoms with van der Waals surface area (Å²) < 4.78 is 16.5. The molecule has 0 unspecified atom stereocenters. The van der Waals surface area contributed by atoms with E-state index in [1.807, 2.05) is 0 Å². The van der Waals surface area contributed by atoms with Crippen LogP contribution in [0.25, 0.3) is 0 Å². The van der Waals surface area contributed by atoms with E-state index >= 15 is 0 Å². The monoisotopic (exact) mass is 284 g/mol. The highest BCUT2D eigenvalue weighted by Crippen LogP contribution is 2.33. The Bertz CT molecular complexity index is 293. The van der Waals surface area contributed by atoms with Gasteiger partial charge in [-0.25, -0.2) is 4.79 Å². The third kappa shape index (κ3) is 4.74. The predicted octanol–water partition coefficient (Wildman–Crippen LogP) is 3.23. The number of carbonyl (C=O) groups is 1. The van der Waals surface area contributed by atoms with E-state index in [4.69, 9.17) is 14.2 Å².